The predicted octanol–water partition coefficient (Wildman–Crippen LogP) is 3.40. The van der Waals surface area contributed by atoms with Gasteiger partial charge in [-0.25, -0.2) is 4.98 Å². The number of benzene rings is 1. The minimum absolute atomic E-state index is 0.00343. The van der Waals surface area contributed by atoms with E-state index in [1.807, 2.05) is 43.5 Å². The van der Waals surface area contributed by atoms with Gasteiger partial charge in [0.1, 0.15) is 5.75 Å². The molecule has 0 radical (unpaired) electrons. The van der Waals surface area contributed by atoms with Gasteiger partial charge in [-0.3, -0.25) is 0 Å². The van der Waals surface area contributed by atoms with Gasteiger partial charge >= 0.3 is 0 Å². The Morgan fingerprint density at radius 3 is 2.56 bits per heavy atom. The molecule has 0 aliphatic rings. The molecule has 18 heavy (non-hydrogen) atoms. The summed E-state index contributed by atoms with van der Waals surface area (Å²) >= 11 is 1.69. The Morgan fingerprint density at radius 2 is 2.00 bits per heavy atom. The van der Waals surface area contributed by atoms with Crippen LogP contribution in [0.5, 0.6) is 11.6 Å². The molecule has 0 aliphatic heterocycles. The summed E-state index contributed by atoms with van der Waals surface area (Å²) < 4.78 is 5.71. The van der Waals surface area contributed by atoms with E-state index in [1.54, 1.807) is 18.0 Å². The molecular formula is C14H15NO2S. The highest BCUT2D eigenvalue weighted by atomic mass is 32.2. The molecule has 0 bridgehead atoms. The Labute approximate surface area is 111 Å². The number of thioether (sulfide) groups is 1. The van der Waals surface area contributed by atoms with Crippen LogP contribution in [0.3, 0.4) is 0 Å². The summed E-state index contributed by atoms with van der Waals surface area (Å²) in [6.45, 7) is 1.91. The number of aliphatic hydroxyl groups is 1. The number of hydrogen-bond donors (Lipinski definition) is 1. The van der Waals surface area contributed by atoms with Gasteiger partial charge in [0, 0.05) is 16.7 Å². The maximum atomic E-state index is 9.02. The number of rotatable bonds is 4. The summed E-state index contributed by atoms with van der Waals surface area (Å²) in [5, 5.41) is 9.02. The van der Waals surface area contributed by atoms with Gasteiger partial charge < -0.3 is 9.84 Å². The van der Waals surface area contributed by atoms with Crippen molar-refractivity contribution in [2.75, 3.05) is 6.26 Å². The van der Waals surface area contributed by atoms with Crippen molar-refractivity contribution >= 4 is 11.8 Å². The minimum Gasteiger partial charge on any atom is -0.439 e. The van der Waals surface area contributed by atoms with Crippen molar-refractivity contribution in [3.8, 4) is 11.6 Å². The lowest BCUT2D eigenvalue weighted by Gasteiger charge is -2.08. The maximum Gasteiger partial charge on any atom is 0.222 e. The van der Waals surface area contributed by atoms with E-state index in [2.05, 4.69) is 4.98 Å². The van der Waals surface area contributed by atoms with Crippen molar-refractivity contribution < 1.29 is 9.84 Å². The van der Waals surface area contributed by atoms with Crippen LogP contribution in [-0.2, 0) is 6.61 Å². The zero-order valence-electron chi connectivity index (χ0n) is 10.4. The number of ether oxygens (including phenoxy) is 1. The highest BCUT2D eigenvalue weighted by molar-refractivity contribution is 7.98. The molecule has 0 atom stereocenters. The van der Waals surface area contributed by atoms with E-state index >= 15 is 0 Å². The van der Waals surface area contributed by atoms with Crippen LogP contribution in [0.2, 0.25) is 0 Å². The molecule has 3 nitrogen and oxygen atoms in total. The molecule has 1 heterocycles. The highest BCUT2D eigenvalue weighted by Gasteiger charge is 2.04. The van der Waals surface area contributed by atoms with Gasteiger partial charge in [-0.1, -0.05) is 0 Å². The van der Waals surface area contributed by atoms with E-state index in [9.17, 15) is 0 Å². The van der Waals surface area contributed by atoms with Crippen molar-refractivity contribution in [3.05, 3.63) is 47.7 Å². The van der Waals surface area contributed by atoms with E-state index in [0.29, 0.717) is 5.88 Å². The van der Waals surface area contributed by atoms with Gasteiger partial charge in [0.25, 0.3) is 0 Å². The predicted molar refractivity (Wildman–Crippen MR) is 73.2 cm³/mol. The zero-order chi connectivity index (χ0) is 13.0. The maximum absolute atomic E-state index is 9.02. The largest absolute Gasteiger partial charge is 0.439 e. The Hall–Kier alpha value is -1.52. The Bertz CT molecular complexity index is 526. The first-order chi connectivity index (χ1) is 8.72. The van der Waals surface area contributed by atoms with E-state index in [-0.39, 0.29) is 6.61 Å². The Balaban J connectivity index is 2.17. The summed E-state index contributed by atoms with van der Waals surface area (Å²) in [5.41, 5.74) is 1.70. The molecule has 1 aromatic heterocycles. The molecule has 0 unspecified atom stereocenters. The van der Waals surface area contributed by atoms with E-state index in [4.69, 9.17) is 9.84 Å². The molecule has 0 saturated carbocycles. The van der Waals surface area contributed by atoms with Gasteiger partial charge in [-0.15, -0.1) is 11.8 Å². The molecule has 1 aromatic carbocycles. The Morgan fingerprint density at radius 1 is 1.28 bits per heavy atom. The van der Waals surface area contributed by atoms with Crippen molar-refractivity contribution in [1.29, 1.82) is 0 Å². The van der Waals surface area contributed by atoms with Crippen LogP contribution in [0.4, 0.5) is 0 Å². The number of aryl methyl sites for hydroxylation is 1. The fourth-order valence-corrected chi connectivity index (χ4v) is 1.98. The van der Waals surface area contributed by atoms with Crippen molar-refractivity contribution in [2.24, 2.45) is 0 Å². The monoisotopic (exact) mass is 261 g/mol. The van der Waals surface area contributed by atoms with Crippen LogP contribution in [0, 0.1) is 6.92 Å². The highest BCUT2D eigenvalue weighted by Crippen LogP contribution is 2.25. The topological polar surface area (TPSA) is 42.4 Å². The summed E-state index contributed by atoms with van der Waals surface area (Å²) in [4.78, 5) is 5.40. The zero-order valence-corrected chi connectivity index (χ0v) is 11.2. The first-order valence-corrected chi connectivity index (χ1v) is 6.83. The van der Waals surface area contributed by atoms with Gasteiger partial charge in [0.2, 0.25) is 5.88 Å². The molecule has 0 saturated heterocycles. The molecule has 0 fully saturated rings. The molecule has 2 rings (SSSR count). The van der Waals surface area contributed by atoms with Crippen LogP contribution >= 0.6 is 11.8 Å². The average Bonchev–Trinajstić information content (AvgIpc) is 2.42. The van der Waals surface area contributed by atoms with Crippen molar-refractivity contribution in [3.63, 3.8) is 0 Å². The molecule has 94 valence electrons. The first-order valence-electron chi connectivity index (χ1n) is 5.61. The normalized spacial score (nSPS) is 10.4. The number of hydrogen-bond acceptors (Lipinski definition) is 4. The third kappa shape index (κ3) is 3.03. The van der Waals surface area contributed by atoms with Crippen LogP contribution in [-0.4, -0.2) is 16.3 Å². The molecule has 1 N–H and O–H groups in total. The fraction of sp³-hybridized carbons (Fsp3) is 0.214. The lowest BCUT2D eigenvalue weighted by molar-refractivity contribution is 0.281. The van der Waals surface area contributed by atoms with E-state index in [0.717, 1.165) is 16.9 Å². The van der Waals surface area contributed by atoms with Gasteiger partial charge in [-0.05, 0) is 49.1 Å². The third-order valence-corrected chi connectivity index (χ3v) is 3.29. The smallest absolute Gasteiger partial charge is 0.222 e. The van der Waals surface area contributed by atoms with Crippen LogP contribution in [0.1, 0.15) is 11.1 Å². The third-order valence-electron chi connectivity index (χ3n) is 2.54. The van der Waals surface area contributed by atoms with Crippen LogP contribution in [0.25, 0.3) is 0 Å². The lowest BCUT2D eigenvalue weighted by Crippen LogP contribution is -1.94. The number of pyridine rings is 1. The molecule has 0 aliphatic carbocycles. The van der Waals surface area contributed by atoms with Crippen LogP contribution in [0.15, 0.2) is 41.4 Å². The molecule has 2 aromatic rings. The van der Waals surface area contributed by atoms with Gasteiger partial charge in [0.15, 0.2) is 0 Å². The van der Waals surface area contributed by atoms with Crippen molar-refractivity contribution in [1.82, 2.24) is 4.98 Å². The SMILES string of the molecule is CSc1ccc(Oc2ncc(CO)cc2C)cc1. The second kappa shape index (κ2) is 5.89. The Kier molecular flexibility index (Phi) is 4.23. The summed E-state index contributed by atoms with van der Waals surface area (Å²) in [6, 6.07) is 9.74. The molecule has 4 heteroatoms. The number of aliphatic hydroxyl groups excluding tert-OH is 1. The van der Waals surface area contributed by atoms with Gasteiger partial charge in [0.05, 0.1) is 6.61 Å². The van der Waals surface area contributed by atoms with Gasteiger partial charge in [-0.2, -0.15) is 0 Å². The first kappa shape index (κ1) is 12.9. The molecule has 0 spiro atoms. The van der Waals surface area contributed by atoms with E-state index < -0.39 is 0 Å². The minimum atomic E-state index is -0.00343. The molecular weight excluding hydrogens is 246 g/mol. The summed E-state index contributed by atoms with van der Waals surface area (Å²) in [7, 11) is 0. The van der Waals surface area contributed by atoms with E-state index in [1.165, 1.54) is 4.90 Å². The lowest BCUT2D eigenvalue weighted by atomic mass is 10.2. The van der Waals surface area contributed by atoms with Crippen molar-refractivity contribution in [2.45, 2.75) is 18.4 Å². The molecule has 0 amide bonds. The number of aromatic nitrogens is 1. The standard InChI is InChI=1S/C14H15NO2S/c1-10-7-11(9-16)8-15-14(10)17-12-3-5-13(18-2)6-4-12/h3-8,16H,9H2,1-2H3. The summed E-state index contributed by atoms with van der Waals surface area (Å²) in [6.07, 6.45) is 3.66. The number of nitrogens with zero attached hydrogens (tertiary/aromatic N) is 1. The van der Waals surface area contributed by atoms with Crippen LogP contribution < -0.4 is 4.74 Å². The summed E-state index contributed by atoms with van der Waals surface area (Å²) in [5.74, 6) is 1.34. The average molecular weight is 261 g/mol. The second-order valence-electron chi connectivity index (χ2n) is 3.90. The quantitative estimate of drug-likeness (QED) is 0.857. The fourth-order valence-electron chi connectivity index (χ4n) is 1.57. The second-order valence-corrected chi connectivity index (χ2v) is 4.78.